The molecule has 0 aromatic heterocycles. The summed E-state index contributed by atoms with van der Waals surface area (Å²) in [5.74, 6) is 0.426. The highest BCUT2D eigenvalue weighted by atomic mass is 31.2. The highest BCUT2D eigenvalue weighted by Gasteiger charge is 2.53. The zero-order valence-corrected chi connectivity index (χ0v) is 18.2. The average molecular weight is 406 g/mol. The number of hydrogen-bond donors (Lipinski definition) is 0. The van der Waals surface area contributed by atoms with E-state index in [2.05, 4.69) is 128 Å². The third-order valence-electron chi connectivity index (χ3n) is 6.21. The molecule has 0 amide bonds. The van der Waals surface area contributed by atoms with Gasteiger partial charge in [-0.05, 0) is 42.8 Å². The van der Waals surface area contributed by atoms with Gasteiger partial charge in [-0.1, -0.05) is 96.6 Å². The zero-order valence-electron chi connectivity index (χ0n) is 17.3. The van der Waals surface area contributed by atoms with E-state index >= 15 is 0 Å². The Morgan fingerprint density at radius 1 is 0.600 bits per heavy atom. The summed E-state index contributed by atoms with van der Waals surface area (Å²) in [5, 5.41) is 4.47. The normalized spacial score (nSPS) is 17.5. The molecule has 0 aliphatic carbocycles. The molecule has 0 radical (unpaired) electrons. The monoisotopic (exact) mass is 405 g/mol. The minimum Gasteiger partial charge on any atom is -0.0622 e. The standard InChI is InChI=1S/C29H26P/c1-23-17-19-24(20-18-23)26-21-29(25-11-5-2-6-12-25)30(22-26,27-13-7-3-8-14-27)28-15-9-4-10-16-28/h2-21,26H,22H2,1H3/q+1. The van der Waals surface area contributed by atoms with E-state index in [4.69, 9.17) is 0 Å². The molecule has 1 heterocycles. The van der Waals surface area contributed by atoms with Crippen molar-refractivity contribution in [2.45, 2.75) is 12.8 Å². The van der Waals surface area contributed by atoms with Crippen molar-refractivity contribution >= 4 is 23.2 Å². The molecule has 4 aromatic rings. The maximum absolute atomic E-state index is 2.56. The molecule has 30 heavy (non-hydrogen) atoms. The van der Waals surface area contributed by atoms with Crippen molar-refractivity contribution in [3.63, 3.8) is 0 Å². The molecule has 0 spiro atoms. The molecule has 0 saturated carbocycles. The Bertz CT molecular complexity index is 1100. The van der Waals surface area contributed by atoms with Gasteiger partial charge in [0.05, 0.1) is 6.16 Å². The van der Waals surface area contributed by atoms with Crippen LogP contribution in [0.15, 0.2) is 121 Å². The molecule has 5 rings (SSSR count). The van der Waals surface area contributed by atoms with E-state index in [1.54, 1.807) is 0 Å². The molecule has 0 bridgehead atoms. The first-order valence-corrected chi connectivity index (χ1v) is 12.6. The molecule has 4 aromatic carbocycles. The van der Waals surface area contributed by atoms with Crippen LogP contribution in [-0.2, 0) is 0 Å². The van der Waals surface area contributed by atoms with Crippen molar-refractivity contribution in [1.82, 2.24) is 0 Å². The van der Waals surface area contributed by atoms with E-state index in [1.807, 2.05) is 0 Å². The minimum absolute atomic E-state index is 0.426. The van der Waals surface area contributed by atoms with Crippen LogP contribution in [0, 0.1) is 6.92 Å². The zero-order chi connectivity index (χ0) is 20.4. The first-order valence-electron chi connectivity index (χ1n) is 10.6. The Balaban J connectivity index is 1.75. The Hall–Kier alpha value is -2.95. The molecule has 146 valence electrons. The molecule has 0 saturated heterocycles. The van der Waals surface area contributed by atoms with E-state index in [0.29, 0.717) is 5.92 Å². The average Bonchev–Trinajstić information content (AvgIpc) is 3.23. The van der Waals surface area contributed by atoms with Crippen LogP contribution < -0.4 is 10.6 Å². The minimum atomic E-state index is -1.76. The molecule has 1 heteroatoms. The van der Waals surface area contributed by atoms with E-state index in [-0.39, 0.29) is 0 Å². The van der Waals surface area contributed by atoms with Gasteiger partial charge in [0.25, 0.3) is 0 Å². The lowest BCUT2D eigenvalue weighted by Crippen LogP contribution is -2.24. The highest BCUT2D eigenvalue weighted by Crippen LogP contribution is 2.73. The largest absolute Gasteiger partial charge is 0.113 e. The number of allylic oxidation sites excluding steroid dienone is 1. The van der Waals surface area contributed by atoms with Gasteiger partial charge in [-0.25, -0.2) is 0 Å². The number of hydrogen-bond acceptors (Lipinski definition) is 0. The Kier molecular flexibility index (Phi) is 5.11. The van der Waals surface area contributed by atoms with Crippen molar-refractivity contribution in [2.75, 3.05) is 6.16 Å². The van der Waals surface area contributed by atoms with Gasteiger partial charge >= 0.3 is 0 Å². The van der Waals surface area contributed by atoms with Gasteiger partial charge in [-0.3, -0.25) is 0 Å². The molecule has 1 aliphatic rings. The van der Waals surface area contributed by atoms with Crippen LogP contribution >= 0.6 is 7.26 Å². The fourth-order valence-electron chi connectivity index (χ4n) is 4.71. The van der Waals surface area contributed by atoms with Crippen LogP contribution in [0.5, 0.6) is 0 Å². The second-order valence-corrected chi connectivity index (χ2v) is 11.6. The topological polar surface area (TPSA) is 0 Å². The summed E-state index contributed by atoms with van der Waals surface area (Å²) in [6.07, 6.45) is 3.71. The fraction of sp³-hybridized carbons (Fsp3) is 0.103. The first kappa shape index (κ1) is 19.0. The number of aryl methyl sites for hydroxylation is 1. The summed E-state index contributed by atoms with van der Waals surface area (Å²) in [4.78, 5) is 0. The summed E-state index contributed by atoms with van der Waals surface area (Å²) in [5.41, 5.74) is 4.09. The van der Waals surface area contributed by atoms with Crippen LogP contribution in [0.25, 0.3) is 5.31 Å². The van der Waals surface area contributed by atoms with Crippen LogP contribution in [0.2, 0.25) is 0 Å². The van der Waals surface area contributed by atoms with E-state index in [0.717, 1.165) is 6.16 Å². The van der Waals surface area contributed by atoms with Gasteiger partial charge in [0.1, 0.15) is 23.2 Å². The van der Waals surface area contributed by atoms with Gasteiger partial charge in [-0.2, -0.15) is 0 Å². The fourth-order valence-corrected chi connectivity index (χ4v) is 9.47. The molecule has 0 N–H and O–H groups in total. The Morgan fingerprint density at radius 2 is 1.10 bits per heavy atom. The van der Waals surface area contributed by atoms with Gasteiger partial charge < -0.3 is 0 Å². The molecule has 0 fully saturated rings. The summed E-state index contributed by atoms with van der Waals surface area (Å²) in [6, 6.07) is 42.5. The molecule has 1 atom stereocenters. The lowest BCUT2D eigenvalue weighted by molar-refractivity contribution is 0.992. The van der Waals surface area contributed by atoms with Gasteiger partial charge in [0.2, 0.25) is 0 Å². The van der Waals surface area contributed by atoms with Crippen LogP contribution in [0.1, 0.15) is 22.6 Å². The Morgan fingerprint density at radius 3 is 1.63 bits per heavy atom. The third-order valence-corrected chi connectivity index (χ3v) is 10.7. The number of benzene rings is 4. The van der Waals surface area contributed by atoms with Crippen molar-refractivity contribution in [3.8, 4) is 0 Å². The molecular weight excluding hydrogens is 379 g/mol. The highest BCUT2D eigenvalue weighted by molar-refractivity contribution is 7.98. The maximum atomic E-state index is 2.56. The SMILES string of the molecule is Cc1ccc(C2C=C(c3ccccc3)[P+](c3ccccc3)(c3ccccc3)C2)cc1. The van der Waals surface area contributed by atoms with Gasteiger partial charge in [0.15, 0.2) is 0 Å². The second-order valence-electron chi connectivity index (χ2n) is 8.10. The third kappa shape index (κ3) is 3.32. The van der Waals surface area contributed by atoms with Crippen molar-refractivity contribution < 1.29 is 0 Å². The quantitative estimate of drug-likeness (QED) is 0.328. The lowest BCUT2D eigenvalue weighted by atomic mass is 9.99. The smallest absolute Gasteiger partial charge is 0.0622 e. The van der Waals surface area contributed by atoms with Crippen LogP contribution in [-0.4, -0.2) is 6.16 Å². The van der Waals surface area contributed by atoms with E-state index in [1.165, 1.54) is 32.6 Å². The van der Waals surface area contributed by atoms with Crippen molar-refractivity contribution in [3.05, 3.63) is 138 Å². The summed E-state index contributed by atoms with van der Waals surface area (Å²) in [7, 11) is -1.76. The second kappa shape index (κ2) is 8.05. The summed E-state index contributed by atoms with van der Waals surface area (Å²) < 4.78 is 0. The Labute approximate surface area is 180 Å². The first-order chi connectivity index (χ1) is 14.8. The summed E-state index contributed by atoms with van der Waals surface area (Å²) in [6.45, 7) is 2.16. The molecule has 0 nitrogen and oxygen atoms in total. The molecular formula is C29H26P+. The van der Waals surface area contributed by atoms with Crippen molar-refractivity contribution in [2.24, 2.45) is 0 Å². The predicted molar refractivity (Wildman–Crippen MR) is 132 cm³/mol. The maximum Gasteiger partial charge on any atom is 0.113 e. The summed E-state index contributed by atoms with van der Waals surface area (Å²) >= 11 is 0. The number of rotatable bonds is 4. The van der Waals surface area contributed by atoms with E-state index < -0.39 is 7.26 Å². The van der Waals surface area contributed by atoms with Crippen LogP contribution in [0.3, 0.4) is 0 Å². The van der Waals surface area contributed by atoms with Gasteiger partial charge in [0, 0.05) is 11.5 Å². The lowest BCUT2D eigenvalue weighted by Gasteiger charge is -2.26. The van der Waals surface area contributed by atoms with E-state index in [9.17, 15) is 0 Å². The molecule has 1 aliphatic heterocycles. The predicted octanol–water partition coefficient (Wildman–Crippen LogP) is 6.80. The van der Waals surface area contributed by atoms with Crippen LogP contribution in [0.4, 0.5) is 0 Å². The molecule has 1 unspecified atom stereocenters. The van der Waals surface area contributed by atoms with Gasteiger partial charge in [-0.15, -0.1) is 0 Å². The van der Waals surface area contributed by atoms with Crippen molar-refractivity contribution in [1.29, 1.82) is 0 Å².